The van der Waals surface area contributed by atoms with Crippen LogP contribution in [0.2, 0.25) is 0 Å². The van der Waals surface area contributed by atoms with Gasteiger partial charge >= 0.3 is 6.03 Å². The molecule has 5 heteroatoms. The minimum absolute atomic E-state index is 0.113. The minimum Gasteiger partial charge on any atom is -0.359 e. The topological polar surface area (TPSA) is 59.6 Å². The molecule has 0 aliphatic heterocycles. The van der Waals surface area contributed by atoms with E-state index in [0.29, 0.717) is 0 Å². The van der Waals surface area contributed by atoms with E-state index in [1.54, 1.807) is 0 Å². The average molecular weight is 204 g/mol. The molecule has 0 radical (unpaired) electrons. The summed E-state index contributed by atoms with van der Waals surface area (Å²) in [6.07, 6.45) is 0.226. The fourth-order valence-electron chi connectivity index (χ4n) is 0.610. The standard InChI is InChI=1S/C9H20N2O3/c1-7(2)13-5-10-9(12)11-6-14-8(3)4/h7-8H,5-6H2,1-4H3,(H2,10,11,12). The summed E-state index contributed by atoms with van der Waals surface area (Å²) in [5, 5.41) is 5.07. The predicted octanol–water partition coefficient (Wildman–Crippen LogP) is 1.05. The summed E-state index contributed by atoms with van der Waals surface area (Å²) in [7, 11) is 0. The monoisotopic (exact) mass is 204 g/mol. The molecule has 0 fully saturated rings. The van der Waals surface area contributed by atoms with Gasteiger partial charge in [0.1, 0.15) is 13.5 Å². The maximum absolute atomic E-state index is 11.0. The van der Waals surface area contributed by atoms with Crippen molar-refractivity contribution in [2.24, 2.45) is 0 Å². The van der Waals surface area contributed by atoms with E-state index in [0.717, 1.165) is 0 Å². The van der Waals surface area contributed by atoms with Crippen molar-refractivity contribution in [1.82, 2.24) is 10.6 Å². The number of hydrogen-bond donors (Lipinski definition) is 2. The molecule has 2 amide bonds. The van der Waals surface area contributed by atoms with Crippen LogP contribution in [0.15, 0.2) is 0 Å². The Morgan fingerprint density at radius 2 is 1.36 bits per heavy atom. The number of hydrogen-bond acceptors (Lipinski definition) is 3. The zero-order valence-electron chi connectivity index (χ0n) is 9.29. The van der Waals surface area contributed by atoms with E-state index in [1.165, 1.54) is 0 Å². The van der Waals surface area contributed by atoms with Crippen LogP contribution < -0.4 is 10.6 Å². The highest BCUT2D eigenvalue weighted by Crippen LogP contribution is 1.85. The van der Waals surface area contributed by atoms with Gasteiger partial charge in [-0.3, -0.25) is 0 Å². The molecular weight excluding hydrogens is 184 g/mol. The molecule has 0 heterocycles. The highest BCUT2D eigenvalue weighted by atomic mass is 16.5. The third-order valence-electron chi connectivity index (χ3n) is 1.30. The highest BCUT2D eigenvalue weighted by Gasteiger charge is 2.00. The Balaban J connectivity index is 3.28. The van der Waals surface area contributed by atoms with Crippen molar-refractivity contribution in [3.63, 3.8) is 0 Å². The molecule has 14 heavy (non-hydrogen) atoms. The van der Waals surface area contributed by atoms with Gasteiger partial charge in [0, 0.05) is 0 Å². The number of nitrogens with one attached hydrogen (secondary N) is 2. The molecule has 0 spiro atoms. The summed E-state index contributed by atoms with van der Waals surface area (Å²) in [5.41, 5.74) is 0. The summed E-state index contributed by atoms with van der Waals surface area (Å²) in [6, 6.07) is -0.286. The number of urea groups is 1. The van der Waals surface area contributed by atoms with E-state index in [4.69, 9.17) is 9.47 Å². The summed E-state index contributed by atoms with van der Waals surface area (Å²) in [4.78, 5) is 11.0. The van der Waals surface area contributed by atoms with Crippen LogP contribution in [0.5, 0.6) is 0 Å². The predicted molar refractivity (Wildman–Crippen MR) is 53.8 cm³/mol. The largest absolute Gasteiger partial charge is 0.359 e. The van der Waals surface area contributed by atoms with E-state index in [9.17, 15) is 4.79 Å². The molecular formula is C9H20N2O3. The quantitative estimate of drug-likeness (QED) is 0.636. The lowest BCUT2D eigenvalue weighted by atomic mass is 10.5. The van der Waals surface area contributed by atoms with Crippen molar-refractivity contribution in [3.8, 4) is 0 Å². The Morgan fingerprint density at radius 1 is 1.00 bits per heavy atom. The first-order valence-corrected chi connectivity index (χ1v) is 4.77. The molecule has 2 N–H and O–H groups in total. The lowest BCUT2D eigenvalue weighted by molar-refractivity contribution is 0.0586. The van der Waals surface area contributed by atoms with Crippen LogP contribution >= 0.6 is 0 Å². The molecule has 0 unspecified atom stereocenters. The van der Waals surface area contributed by atoms with Gasteiger partial charge in [0.05, 0.1) is 12.2 Å². The number of carbonyl (C=O) groups is 1. The Kier molecular flexibility index (Phi) is 7.14. The third-order valence-corrected chi connectivity index (χ3v) is 1.30. The second-order valence-corrected chi connectivity index (χ2v) is 3.40. The highest BCUT2D eigenvalue weighted by molar-refractivity contribution is 5.73. The van der Waals surface area contributed by atoms with Crippen molar-refractivity contribution in [2.45, 2.75) is 39.9 Å². The van der Waals surface area contributed by atoms with Crippen molar-refractivity contribution in [3.05, 3.63) is 0 Å². The molecule has 0 saturated heterocycles. The molecule has 0 saturated carbocycles. The van der Waals surface area contributed by atoms with Gasteiger partial charge in [-0.05, 0) is 27.7 Å². The van der Waals surface area contributed by atoms with Crippen LogP contribution in [0, 0.1) is 0 Å². The van der Waals surface area contributed by atoms with Gasteiger partial charge in [0.25, 0.3) is 0 Å². The average Bonchev–Trinajstić information content (AvgIpc) is 2.02. The van der Waals surface area contributed by atoms with Gasteiger partial charge in [-0.2, -0.15) is 0 Å². The second kappa shape index (κ2) is 7.58. The minimum atomic E-state index is -0.286. The first-order chi connectivity index (χ1) is 6.52. The van der Waals surface area contributed by atoms with Crippen LogP contribution in [0.25, 0.3) is 0 Å². The van der Waals surface area contributed by atoms with E-state index < -0.39 is 0 Å². The van der Waals surface area contributed by atoms with Crippen LogP contribution in [0.4, 0.5) is 4.79 Å². The first kappa shape index (κ1) is 13.2. The zero-order valence-corrected chi connectivity index (χ0v) is 9.29. The molecule has 5 nitrogen and oxygen atoms in total. The van der Waals surface area contributed by atoms with Gasteiger partial charge in [-0.25, -0.2) is 4.79 Å². The maximum Gasteiger partial charge on any atom is 0.318 e. The Morgan fingerprint density at radius 3 is 1.64 bits per heavy atom. The van der Waals surface area contributed by atoms with Crippen LogP contribution in [0.1, 0.15) is 27.7 Å². The molecule has 0 rings (SSSR count). The van der Waals surface area contributed by atoms with Crippen molar-refractivity contribution < 1.29 is 14.3 Å². The summed E-state index contributed by atoms with van der Waals surface area (Å²) in [6.45, 7) is 8.04. The Bertz CT molecular complexity index is 144. The zero-order chi connectivity index (χ0) is 11.0. The van der Waals surface area contributed by atoms with E-state index in [1.807, 2.05) is 27.7 Å². The smallest absolute Gasteiger partial charge is 0.318 e. The SMILES string of the molecule is CC(C)OCNC(=O)NCOC(C)C. The van der Waals surface area contributed by atoms with Gasteiger partial charge in [0.2, 0.25) is 0 Å². The second-order valence-electron chi connectivity index (χ2n) is 3.40. The molecule has 0 aromatic carbocycles. The lowest BCUT2D eigenvalue weighted by Crippen LogP contribution is -2.39. The maximum atomic E-state index is 11.0. The molecule has 0 aliphatic rings. The molecule has 0 aromatic rings. The van der Waals surface area contributed by atoms with E-state index in [2.05, 4.69) is 10.6 Å². The first-order valence-electron chi connectivity index (χ1n) is 4.77. The third kappa shape index (κ3) is 9.28. The summed E-state index contributed by atoms with van der Waals surface area (Å²) < 4.78 is 10.3. The fourth-order valence-corrected chi connectivity index (χ4v) is 0.610. The van der Waals surface area contributed by atoms with E-state index in [-0.39, 0.29) is 31.7 Å². The number of ether oxygens (including phenoxy) is 2. The number of rotatable bonds is 6. The number of amides is 2. The van der Waals surface area contributed by atoms with E-state index >= 15 is 0 Å². The van der Waals surface area contributed by atoms with Crippen LogP contribution in [0.3, 0.4) is 0 Å². The van der Waals surface area contributed by atoms with Gasteiger partial charge in [-0.15, -0.1) is 0 Å². The molecule has 0 aromatic heterocycles. The normalized spacial score (nSPS) is 10.7. The van der Waals surface area contributed by atoms with Crippen molar-refractivity contribution >= 4 is 6.03 Å². The molecule has 0 atom stereocenters. The van der Waals surface area contributed by atoms with Gasteiger partial charge in [0.15, 0.2) is 0 Å². The summed E-state index contributed by atoms with van der Waals surface area (Å²) >= 11 is 0. The molecule has 84 valence electrons. The van der Waals surface area contributed by atoms with Crippen LogP contribution in [-0.4, -0.2) is 31.7 Å². The molecule has 0 aliphatic carbocycles. The Labute approximate surface area is 85.1 Å². The van der Waals surface area contributed by atoms with Crippen LogP contribution in [-0.2, 0) is 9.47 Å². The van der Waals surface area contributed by atoms with Gasteiger partial charge < -0.3 is 20.1 Å². The van der Waals surface area contributed by atoms with Crippen molar-refractivity contribution in [2.75, 3.05) is 13.5 Å². The fraction of sp³-hybridized carbons (Fsp3) is 0.889. The Hall–Kier alpha value is -0.810. The van der Waals surface area contributed by atoms with Gasteiger partial charge in [-0.1, -0.05) is 0 Å². The van der Waals surface area contributed by atoms with Crippen molar-refractivity contribution in [1.29, 1.82) is 0 Å². The summed E-state index contributed by atoms with van der Waals surface area (Å²) in [5.74, 6) is 0. The molecule has 0 bridgehead atoms. The number of carbonyl (C=O) groups excluding carboxylic acids is 1. The lowest BCUT2D eigenvalue weighted by Gasteiger charge is -2.11.